The summed E-state index contributed by atoms with van der Waals surface area (Å²) in [5, 5.41) is 0. The van der Waals surface area contributed by atoms with Crippen LogP contribution >= 0.6 is 0 Å². The van der Waals surface area contributed by atoms with Crippen molar-refractivity contribution in [2.24, 2.45) is 5.92 Å². The molecule has 10 heteroatoms. The van der Waals surface area contributed by atoms with E-state index in [0.29, 0.717) is 6.42 Å². The van der Waals surface area contributed by atoms with E-state index in [-0.39, 0.29) is 31.1 Å². The van der Waals surface area contributed by atoms with Crippen molar-refractivity contribution >= 4 is 10.0 Å². The number of nitrogens with one attached hydrogen (secondary N) is 1. The highest BCUT2D eigenvalue weighted by molar-refractivity contribution is 7.89. The Morgan fingerprint density at radius 3 is 2.67 bits per heavy atom. The fraction of sp³-hybridized carbons (Fsp3) is 0.571. The molecule has 1 aromatic carbocycles. The maximum Gasteiger partial charge on any atom is 0.350 e. The van der Waals surface area contributed by atoms with Gasteiger partial charge in [0.1, 0.15) is 5.82 Å². The van der Waals surface area contributed by atoms with Gasteiger partial charge in [-0.2, -0.15) is 8.78 Å². The average molecular weight is 369 g/mol. The van der Waals surface area contributed by atoms with Crippen LogP contribution in [0.1, 0.15) is 17.9 Å². The molecule has 2 aliphatic rings. The number of halogens is 4. The van der Waals surface area contributed by atoms with Gasteiger partial charge in [-0.05, 0) is 18.6 Å². The summed E-state index contributed by atoms with van der Waals surface area (Å²) >= 11 is 0. The number of sulfonamides is 1. The lowest BCUT2D eigenvalue weighted by Gasteiger charge is -2.41. The van der Waals surface area contributed by atoms with Crippen LogP contribution in [-0.4, -0.2) is 40.0 Å². The number of rotatable bonds is 4. The van der Waals surface area contributed by atoms with Gasteiger partial charge in [-0.15, -0.1) is 0 Å². The maximum atomic E-state index is 14.1. The Morgan fingerprint density at radius 1 is 1.25 bits per heavy atom. The maximum absolute atomic E-state index is 14.1. The van der Waals surface area contributed by atoms with Gasteiger partial charge in [-0.1, -0.05) is 0 Å². The summed E-state index contributed by atoms with van der Waals surface area (Å²) in [7, 11) is -4.75. The van der Waals surface area contributed by atoms with Crippen LogP contribution in [0.3, 0.4) is 0 Å². The molecule has 0 saturated carbocycles. The van der Waals surface area contributed by atoms with E-state index in [1.165, 1.54) is 0 Å². The summed E-state index contributed by atoms with van der Waals surface area (Å²) in [6, 6.07) is 1.98. The molecule has 1 aromatic rings. The molecule has 2 heterocycles. The topological polar surface area (TPSA) is 64.6 Å². The van der Waals surface area contributed by atoms with Crippen molar-refractivity contribution in [2.45, 2.75) is 24.2 Å². The van der Waals surface area contributed by atoms with Crippen LogP contribution in [-0.2, 0) is 14.8 Å². The highest BCUT2D eigenvalue weighted by atomic mass is 32.2. The number of hydrogen-bond acceptors (Lipinski definition) is 4. The molecule has 1 saturated heterocycles. The van der Waals surface area contributed by atoms with E-state index in [2.05, 4.69) is 0 Å². The molecule has 1 fully saturated rings. The van der Waals surface area contributed by atoms with Gasteiger partial charge in [0.25, 0.3) is 10.0 Å². The minimum Gasteiger partial charge on any atom is -0.490 e. The Balaban J connectivity index is 1.82. The molecular formula is C14H15F4NO4S. The van der Waals surface area contributed by atoms with Gasteiger partial charge >= 0.3 is 5.76 Å². The third kappa shape index (κ3) is 3.09. The van der Waals surface area contributed by atoms with Crippen LogP contribution in [0.4, 0.5) is 17.6 Å². The van der Waals surface area contributed by atoms with Gasteiger partial charge in [0.15, 0.2) is 11.6 Å². The first-order valence-corrected chi connectivity index (χ1v) is 8.85. The Kier molecular flexibility index (Phi) is 4.71. The second kappa shape index (κ2) is 6.49. The summed E-state index contributed by atoms with van der Waals surface area (Å²) < 4.78 is 87.6. The molecule has 0 spiro atoms. The predicted molar refractivity (Wildman–Crippen MR) is 75.4 cm³/mol. The molecule has 0 bridgehead atoms. The van der Waals surface area contributed by atoms with Crippen molar-refractivity contribution in [3.8, 4) is 5.75 Å². The van der Waals surface area contributed by atoms with Crippen molar-refractivity contribution in [1.82, 2.24) is 4.72 Å². The smallest absolute Gasteiger partial charge is 0.350 e. The van der Waals surface area contributed by atoms with Crippen molar-refractivity contribution in [3.05, 3.63) is 29.3 Å². The zero-order chi connectivity index (χ0) is 17.5. The van der Waals surface area contributed by atoms with Crippen LogP contribution in [0.5, 0.6) is 5.75 Å². The zero-order valence-corrected chi connectivity index (χ0v) is 13.2. The van der Waals surface area contributed by atoms with E-state index >= 15 is 0 Å². The quantitative estimate of drug-likeness (QED) is 0.825. The van der Waals surface area contributed by atoms with Crippen LogP contribution in [0.2, 0.25) is 0 Å². The average Bonchev–Trinajstić information content (AvgIpc) is 2.55. The van der Waals surface area contributed by atoms with Crippen LogP contribution < -0.4 is 9.46 Å². The van der Waals surface area contributed by atoms with Crippen molar-refractivity contribution in [3.63, 3.8) is 0 Å². The van der Waals surface area contributed by atoms with Gasteiger partial charge in [0.2, 0.25) is 0 Å². The second-order valence-electron chi connectivity index (χ2n) is 5.71. The number of benzene rings is 1. The summed E-state index contributed by atoms with van der Waals surface area (Å²) in [5.74, 6) is -5.89. The fourth-order valence-electron chi connectivity index (χ4n) is 3.22. The first-order valence-electron chi connectivity index (χ1n) is 7.30. The highest BCUT2D eigenvalue weighted by Gasteiger charge is 2.42. The van der Waals surface area contributed by atoms with Gasteiger partial charge in [-0.25, -0.2) is 21.9 Å². The molecule has 3 atom stereocenters. The van der Waals surface area contributed by atoms with Crippen LogP contribution in [0, 0.1) is 17.6 Å². The molecule has 0 aliphatic carbocycles. The minimum atomic E-state index is -4.75. The molecule has 24 heavy (non-hydrogen) atoms. The standard InChI is InChI=1S/C14H15F4NO4S/c15-9-1-2-10(16)13-12(9)7-3-4-22-11(8(7)6-23-13)5-19-24(20,21)14(17)18/h1-2,7-8,11,14,19H,3-6H2/t7?,8-,11+/m1/s1. The van der Waals surface area contributed by atoms with E-state index in [0.717, 1.165) is 12.1 Å². The first kappa shape index (κ1) is 17.4. The Bertz CT molecular complexity index is 728. The number of ether oxygens (including phenoxy) is 2. The number of fused-ring (bicyclic) bond motifs is 3. The summed E-state index contributed by atoms with van der Waals surface area (Å²) in [5.41, 5.74) is 0.0938. The fourth-order valence-corrected chi connectivity index (χ4v) is 3.74. The van der Waals surface area contributed by atoms with Gasteiger partial charge in [-0.3, -0.25) is 0 Å². The molecule has 5 nitrogen and oxygen atoms in total. The Hall–Kier alpha value is -1.39. The lowest BCUT2D eigenvalue weighted by molar-refractivity contribution is -0.0569. The molecule has 0 amide bonds. The van der Waals surface area contributed by atoms with Gasteiger partial charge in [0.05, 0.1) is 12.7 Å². The number of alkyl halides is 2. The Labute approximate surface area is 136 Å². The normalized spacial score (nSPS) is 26.6. The Morgan fingerprint density at radius 2 is 1.96 bits per heavy atom. The zero-order valence-electron chi connectivity index (χ0n) is 12.3. The molecule has 134 valence electrons. The second-order valence-corrected chi connectivity index (χ2v) is 7.44. The molecule has 2 aliphatic heterocycles. The van der Waals surface area contributed by atoms with Crippen LogP contribution in [0.15, 0.2) is 12.1 Å². The van der Waals surface area contributed by atoms with Crippen LogP contribution in [0.25, 0.3) is 0 Å². The van der Waals surface area contributed by atoms with Crippen molar-refractivity contribution in [1.29, 1.82) is 0 Å². The molecule has 0 aromatic heterocycles. The summed E-state index contributed by atoms with van der Waals surface area (Å²) in [6.45, 7) is -0.222. The molecule has 0 radical (unpaired) electrons. The molecule has 3 rings (SSSR count). The first-order chi connectivity index (χ1) is 11.3. The summed E-state index contributed by atoms with van der Waals surface area (Å²) in [4.78, 5) is 0. The van der Waals surface area contributed by atoms with E-state index in [1.54, 1.807) is 4.72 Å². The van der Waals surface area contributed by atoms with Crippen molar-refractivity contribution < 1.29 is 35.5 Å². The largest absolute Gasteiger partial charge is 0.490 e. The number of hydrogen-bond donors (Lipinski definition) is 1. The van der Waals surface area contributed by atoms with E-state index < -0.39 is 45.4 Å². The molecule has 1 unspecified atom stereocenters. The highest BCUT2D eigenvalue weighted by Crippen LogP contribution is 2.45. The molecule has 1 N–H and O–H groups in total. The molecular weight excluding hydrogens is 354 g/mol. The third-order valence-corrected chi connectivity index (χ3v) is 5.40. The van der Waals surface area contributed by atoms with E-state index in [9.17, 15) is 26.0 Å². The van der Waals surface area contributed by atoms with E-state index in [4.69, 9.17) is 9.47 Å². The predicted octanol–water partition coefficient (Wildman–Crippen LogP) is 1.99. The summed E-state index contributed by atoms with van der Waals surface area (Å²) in [6.07, 6.45) is -0.368. The van der Waals surface area contributed by atoms with Crippen molar-refractivity contribution in [2.75, 3.05) is 19.8 Å². The SMILES string of the molecule is O=S(=O)(NC[C@@H]1OCCC2c3c(F)ccc(F)c3OC[C@H]21)C(F)F. The van der Waals surface area contributed by atoms with E-state index in [1.807, 2.05) is 0 Å². The van der Waals surface area contributed by atoms with Gasteiger partial charge in [0, 0.05) is 30.6 Å². The lowest BCUT2D eigenvalue weighted by Crippen LogP contribution is -2.48. The third-order valence-electron chi connectivity index (χ3n) is 4.36. The van der Waals surface area contributed by atoms with Gasteiger partial charge < -0.3 is 9.47 Å². The lowest BCUT2D eigenvalue weighted by atomic mass is 9.77. The monoisotopic (exact) mass is 369 g/mol. The minimum absolute atomic E-state index is 0.0148.